The zero-order valence-electron chi connectivity index (χ0n) is 13.6. The molecule has 1 aromatic rings. The Hall–Kier alpha value is -0.870. The summed E-state index contributed by atoms with van der Waals surface area (Å²) in [5.74, 6) is 2.44. The van der Waals surface area contributed by atoms with Crippen LogP contribution in [-0.4, -0.2) is 26.5 Å². The minimum absolute atomic E-state index is 0.579. The average molecular weight is 309 g/mol. The molecule has 0 unspecified atom stereocenters. The van der Waals surface area contributed by atoms with Crippen molar-refractivity contribution in [3.8, 4) is 11.5 Å². The summed E-state index contributed by atoms with van der Waals surface area (Å²) < 4.78 is 10.8. The molecule has 21 heavy (non-hydrogen) atoms. The van der Waals surface area contributed by atoms with E-state index in [1.807, 2.05) is 0 Å². The summed E-state index contributed by atoms with van der Waals surface area (Å²) in [6.45, 7) is 3.20. The second-order valence-electron chi connectivity index (χ2n) is 5.73. The molecule has 1 fully saturated rings. The number of nitrogens with one attached hydrogen (secondary N) is 1. The fourth-order valence-corrected chi connectivity index (χ4v) is 3.74. The first-order valence-electron chi connectivity index (χ1n) is 7.71. The van der Waals surface area contributed by atoms with Gasteiger partial charge >= 0.3 is 0 Å². The maximum absolute atomic E-state index is 5.42. The number of methoxy groups -OCH3 is 2. The molecule has 1 saturated carbocycles. The standard InChI is InChI=1S/C17H27NO2S/c1-12(13-7-5-6-8-13)18-11-14-9-15(19-2)16(20-3)10-17(14)21-4/h9-10,12-13,18H,5-8,11H2,1-4H3/t12-/m0/s1. The number of thioether (sulfide) groups is 1. The predicted molar refractivity (Wildman–Crippen MR) is 89.6 cm³/mol. The molecule has 1 aromatic carbocycles. The quantitative estimate of drug-likeness (QED) is 0.768. The average Bonchev–Trinajstić information content (AvgIpc) is 3.06. The first-order valence-corrected chi connectivity index (χ1v) is 8.94. The number of hydrogen-bond acceptors (Lipinski definition) is 4. The van der Waals surface area contributed by atoms with Crippen molar-refractivity contribution < 1.29 is 9.47 Å². The SMILES string of the molecule is COc1cc(CN[C@@H](C)C2CCCC2)c(SC)cc1OC. The molecule has 0 bridgehead atoms. The summed E-state index contributed by atoms with van der Waals surface area (Å²) >= 11 is 1.75. The molecule has 0 aromatic heterocycles. The van der Waals surface area contributed by atoms with Gasteiger partial charge in [-0.05, 0) is 49.6 Å². The molecule has 0 saturated heterocycles. The van der Waals surface area contributed by atoms with Crippen LogP contribution in [0.25, 0.3) is 0 Å². The van der Waals surface area contributed by atoms with E-state index < -0.39 is 0 Å². The summed E-state index contributed by atoms with van der Waals surface area (Å²) in [6, 6.07) is 4.75. The van der Waals surface area contributed by atoms with E-state index in [0.717, 1.165) is 24.0 Å². The van der Waals surface area contributed by atoms with Gasteiger partial charge in [0.1, 0.15) is 0 Å². The summed E-state index contributed by atoms with van der Waals surface area (Å²) in [4.78, 5) is 1.25. The second kappa shape index (κ2) is 7.95. The van der Waals surface area contributed by atoms with E-state index >= 15 is 0 Å². The lowest BCUT2D eigenvalue weighted by Crippen LogP contribution is -2.31. The van der Waals surface area contributed by atoms with Crippen LogP contribution in [0.4, 0.5) is 0 Å². The zero-order chi connectivity index (χ0) is 15.2. The normalized spacial score (nSPS) is 17.0. The second-order valence-corrected chi connectivity index (χ2v) is 6.58. The van der Waals surface area contributed by atoms with Crippen LogP contribution >= 0.6 is 11.8 Å². The van der Waals surface area contributed by atoms with Crippen molar-refractivity contribution in [2.24, 2.45) is 5.92 Å². The van der Waals surface area contributed by atoms with Gasteiger partial charge in [-0.3, -0.25) is 0 Å². The maximum atomic E-state index is 5.42. The van der Waals surface area contributed by atoms with E-state index in [1.165, 1.54) is 36.1 Å². The largest absolute Gasteiger partial charge is 0.493 e. The van der Waals surface area contributed by atoms with E-state index in [-0.39, 0.29) is 0 Å². The highest BCUT2D eigenvalue weighted by molar-refractivity contribution is 7.98. The number of rotatable bonds is 7. The van der Waals surface area contributed by atoms with Crippen molar-refractivity contribution in [1.29, 1.82) is 0 Å². The van der Waals surface area contributed by atoms with Crippen LogP contribution in [-0.2, 0) is 6.54 Å². The lowest BCUT2D eigenvalue weighted by molar-refractivity contribution is 0.351. The Bertz CT molecular complexity index is 458. The lowest BCUT2D eigenvalue weighted by Gasteiger charge is -2.21. The number of benzene rings is 1. The predicted octanol–water partition coefficient (Wildman–Crippen LogP) is 4.09. The molecule has 4 heteroatoms. The van der Waals surface area contributed by atoms with Gasteiger partial charge in [-0.15, -0.1) is 11.8 Å². The molecule has 118 valence electrons. The molecule has 0 radical (unpaired) electrons. The van der Waals surface area contributed by atoms with Gasteiger partial charge in [-0.2, -0.15) is 0 Å². The molecule has 0 aliphatic heterocycles. The van der Waals surface area contributed by atoms with Crippen molar-refractivity contribution in [3.05, 3.63) is 17.7 Å². The van der Waals surface area contributed by atoms with Crippen LogP contribution in [0.5, 0.6) is 11.5 Å². The fourth-order valence-electron chi connectivity index (χ4n) is 3.13. The molecular formula is C17H27NO2S. The Morgan fingerprint density at radius 3 is 2.38 bits per heavy atom. The Labute approximate surface area is 132 Å². The van der Waals surface area contributed by atoms with Crippen LogP contribution < -0.4 is 14.8 Å². The number of ether oxygens (including phenoxy) is 2. The fraction of sp³-hybridized carbons (Fsp3) is 0.647. The topological polar surface area (TPSA) is 30.5 Å². The van der Waals surface area contributed by atoms with Gasteiger partial charge in [0.15, 0.2) is 11.5 Å². The van der Waals surface area contributed by atoms with Gasteiger partial charge in [-0.25, -0.2) is 0 Å². The summed E-state index contributed by atoms with van der Waals surface area (Å²) in [5.41, 5.74) is 1.28. The molecule has 1 aliphatic rings. The van der Waals surface area contributed by atoms with Gasteiger partial charge in [0, 0.05) is 17.5 Å². The molecule has 3 nitrogen and oxygen atoms in total. The molecule has 1 aliphatic carbocycles. The van der Waals surface area contributed by atoms with Crippen molar-refractivity contribution in [3.63, 3.8) is 0 Å². The molecule has 1 atom stereocenters. The Morgan fingerprint density at radius 1 is 1.19 bits per heavy atom. The van der Waals surface area contributed by atoms with Crippen LogP contribution in [0, 0.1) is 5.92 Å². The number of hydrogen-bond donors (Lipinski definition) is 1. The van der Waals surface area contributed by atoms with Gasteiger partial charge in [0.25, 0.3) is 0 Å². The van der Waals surface area contributed by atoms with Crippen LogP contribution in [0.1, 0.15) is 38.2 Å². The van der Waals surface area contributed by atoms with Crippen molar-refractivity contribution in [2.45, 2.75) is 50.1 Å². The van der Waals surface area contributed by atoms with E-state index in [1.54, 1.807) is 26.0 Å². The van der Waals surface area contributed by atoms with Crippen molar-refractivity contribution >= 4 is 11.8 Å². The summed E-state index contributed by atoms with van der Waals surface area (Å²) in [5, 5.41) is 3.69. The Morgan fingerprint density at radius 2 is 1.81 bits per heavy atom. The van der Waals surface area contributed by atoms with Crippen molar-refractivity contribution in [1.82, 2.24) is 5.32 Å². The van der Waals surface area contributed by atoms with E-state index in [9.17, 15) is 0 Å². The third-order valence-corrected chi connectivity index (χ3v) is 5.33. The van der Waals surface area contributed by atoms with Crippen LogP contribution in [0.3, 0.4) is 0 Å². The Kier molecular flexibility index (Phi) is 6.24. The third-order valence-electron chi connectivity index (χ3n) is 4.51. The van der Waals surface area contributed by atoms with Crippen LogP contribution in [0.15, 0.2) is 17.0 Å². The summed E-state index contributed by atoms with van der Waals surface area (Å²) in [6.07, 6.45) is 7.63. The molecule has 0 spiro atoms. The zero-order valence-corrected chi connectivity index (χ0v) is 14.4. The molecule has 2 rings (SSSR count). The highest BCUT2D eigenvalue weighted by Crippen LogP contribution is 2.35. The van der Waals surface area contributed by atoms with Gasteiger partial charge in [-0.1, -0.05) is 12.8 Å². The smallest absolute Gasteiger partial charge is 0.161 e. The third kappa shape index (κ3) is 4.07. The van der Waals surface area contributed by atoms with Crippen LogP contribution in [0.2, 0.25) is 0 Å². The molecule has 1 N–H and O–H groups in total. The monoisotopic (exact) mass is 309 g/mol. The van der Waals surface area contributed by atoms with Gasteiger partial charge < -0.3 is 14.8 Å². The summed E-state index contributed by atoms with van der Waals surface area (Å²) in [7, 11) is 3.37. The first kappa shape index (κ1) is 16.5. The highest BCUT2D eigenvalue weighted by atomic mass is 32.2. The maximum Gasteiger partial charge on any atom is 0.161 e. The minimum atomic E-state index is 0.579. The highest BCUT2D eigenvalue weighted by Gasteiger charge is 2.21. The molecule has 0 amide bonds. The van der Waals surface area contributed by atoms with Gasteiger partial charge in [0.05, 0.1) is 14.2 Å². The van der Waals surface area contributed by atoms with E-state index in [4.69, 9.17) is 9.47 Å². The van der Waals surface area contributed by atoms with Gasteiger partial charge in [0.2, 0.25) is 0 Å². The molecular weight excluding hydrogens is 282 g/mol. The molecule has 0 heterocycles. The first-order chi connectivity index (χ1) is 10.2. The minimum Gasteiger partial charge on any atom is -0.493 e. The Balaban J connectivity index is 2.07. The van der Waals surface area contributed by atoms with Crippen molar-refractivity contribution in [2.75, 3.05) is 20.5 Å². The lowest BCUT2D eigenvalue weighted by atomic mass is 9.99. The van der Waals surface area contributed by atoms with E-state index in [0.29, 0.717) is 6.04 Å². The van der Waals surface area contributed by atoms with E-state index in [2.05, 4.69) is 30.6 Å².